The largest absolute Gasteiger partial charge is 0.385 e. The number of hydrogen-bond acceptors (Lipinski definition) is 2. The van der Waals surface area contributed by atoms with Crippen molar-refractivity contribution in [3.63, 3.8) is 0 Å². The fraction of sp³-hybridized carbons (Fsp3) is 0.643. The van der Waals surface area contributed by atoms with Gasteiger partial charge in [0.15, 0.2) is 0 Å². The number of rotatable bonds is 1. The van der Waals surface area contributed by atoms with E-state index in [1.165, 1.54) is 12.3 Å². The third-order valence-corrected chi connectivity index (χ3v) is 4.06. The predicted octanol–water partition coefficient (Wildman–Crippen LogP) is 3.25. The summed E-state index contributed by atoms with van der Waals surface area (Å²) in [5.41, 5.74) is -0.0580. The highest BCUT2D eigenvalue weighted by Gasteiger charge is 2.43. The molecule has 1 aliphatic carbocycles. The molecule has 2 unspecified atom stereocenters. The van der Waals surface area contributed by atoms with Crippen molar-refractivity contribution in [1.82, 2.24) is 4.98 Å². The highest BCUT2D eigenvalue weighted by Crippen LogP contribution is 2.48. The molecule has 0 aliphatic heterocycles. The maximum absolute atomic E-state index is 13.2. The van der Waals surface area contributed by atoms with Crippen LogP contribution in [-0.2, 0) is 5.60 Å². The summed E-state index contributed by atoms with van der Waals surface area (Å²) < 4.78 is 13.2. The first-order chi connectivity index (χ1) is 7.83. The van der Waals surface area contributed by atoms with Crippen LogP contribution < -0.4 is 0 Å². The molecule has 0 radical (unpaired) electrons. The van der Waals surface area contributed by atoms with Crippen LogP contribution in [0.4, 0.5) is 4.39 Å². The van der Waals surface area contributed by atoms with Crippen LogP contribution in [-0.4, -0.2) is 10.1 Å². The lowest BCUT2D eigenvalue weighted by Crippen LogP contribution is -2.41. The van der Waals surface area contributed by atoms with Crippen molar-refractivity contribution in [3.05, 3.63) is 29.8 Å². The average Bonchev–Trinajstić information content (AvgIpc) is 2.24. The summed E-state index contributed by atoms with van der Waals surface area (Å²) >= 11 is 0. The Hall–Kier alpha value is -0.960. The number of halogens is 1. The minimum Gasteiger partial charge on any atom is -0.385 e. The van der Waals surface area contributed by atoms with Crippen molar-refractivity contribution in [2.24, 2.45) is 11.3 Å². The normalized spacial score (nSPS) is 32.4. The first-order valence-corrected chi connectivity index (χ1v) is 6.17. The lowest BCUT2D eigenvalue weighted by Gasteiger charge is -2.45. The van der Waals surface area contributed by atoms with Crippen LogP contribution in [0.25, 0.3) is 0 Å². The first-order valence-electron chi connectivity index (χ1n) is 6.17. The van der Waals surface area contributed by atoms with Crippen LogP contribution in [0.1, 0.15) is 45.6 Å². The van der Waals surface area contributed by atoms with Crippen LogP contribution in [0.3, 0.4) is 0 Å². The van der Waals surface area contributed by atoms with Gasteiger partial charge in [0.1, 0.15) is 5.82 Å². The quantitative estimate of drug-likeness (QED) is 0.813. The Balaban J connectivity index is 2.31. The topological polar surface area (TPSA) is 33.1 Å². The second kappa shape index (κ2) is 4.05. The van der Waals surface area contributed by atoms with Crippen molar-refractivity contribution in [1.29, 1.82) is 0 Å². The molecule has 2 rings (SSSR count). The molecule has 1 N–H and O–H groups in total. The molecule has 1 aliphatic rings. The molecular weight excluding hydrogens is 217 g/mol. The van der Waals surface area contributed by atoms with Crippen LogP contribution in [0.5, 0.6) is 0 Å². The zero-order valence-corrected chi connectivity index (χ0v) is 10.7. The maximum atomic E-state index is 13.2. The fourth-order valence-electron chi connectivity index (χ4n) is 2.95. The molecule has 0 spiro atoms. The lowest BCUT2D eigenvalue weighted by molar-refractivity contribution is -0.0773. The predicted molar refractivity (Wildman–Crippen MR) is 64.9 cm³/mol. The SMILES string of the molecule is CC1CC(C)(C)CCC1(O)c1cncc(F)c1. The van der Waals surface area contributed by atoms with Gasteiger partial charge in [-0.05, 0) is 36.7 Å². The number of aliphatic hydroxyl groups is 1. The van der Waals surface area contributed by atoms with Crippen molar-refractivity contribution in [2.45, 2.75) is 45.6 Å². The monoisotopic (exact) mass is 237 g/mol. The third-order valence-electron chi connectivity index (χ3n) is 4.06. The number of hydrogen-bond donors (Lipinski definition) is 1. The third kappa shape index (κ3) is 2.34. The molecule has 1 aromatic heterocycles. The summed E-state index contributed by atoms with van der Waals surface area (Å²) in [4.78, 5) is 3.84. The van der Waals surface area contributed by atoms with Gasteiger partial charge in [0.2, 0.25) is 0 Å². The van der Waals surface area contributed by atoms with Crippen LogP contribution in [0.15, 0.2) is 18.5 Å². The molecule has 1 saturated carbocycles. The highest BCUT2D eigenvalue weighted by molar-refractivity contribution is 5.21. The van der Waals surface area contributed by atoms with Crippen molar-refractivity contribution in [3.8, 4) is 0 Å². The van der Waals surface area contributed by atoms with E-state index in [1.807, 2.05) is 6.92 Å². The van der Waals surface area contributed by atoms with Gasteiger partial charge < -0.3 is 5.11 Å². The molecule has 1 heterocycles. The van der Waals surface area contributed by atoms with E-state index in [0.29, 0.717) is 12.0 Å². The Morgan fingerprint density at radius 2 is 2.06 bits per heavy atom. The molecule has 1 fully saturated rings. The van der Waals surface area contributed by atoms with Gasteiger partial charge in [-0.3, -0.25) is 4.98 Å². The Morgan fingerprint density at radius 1 is 1.35 bits per heavy atom. The molecule has 1 aromatic rings. The van der Waals surface area contributed by atoms with E-state index in [1.54, 1.807) is 6.20 Å². The standard InChI is InChI=1S/C14H20FNO/c1-10-7-13(2,3)4-5-14(10,17)11-6-12(15)9-16-8-11/h6,8-10,17H,4-5,7H2,1-3H3. The second-order valence-corrected chi connectivity index (χ2v) is 6.09. The molecule has 3 heteroatoms. The Bertz CT molecular complexity index is 418. The Kier molecular flexibility index (Phi) is 2.98. The van der Waals surface area contributed by atoms with Crippen LogP contribution in [0, 0.1) is 17.2 Å². The molecule has 0 saturated heterocycles. The van der Waals surface area contributed by atoms with Crippen molar-refractivity contribution >= 4 is 0 Å². The minimum atomic E-state index is -0.926. The molecule has 94 valence electrons. The maximum Gasteiger partial charge on any atom is 0.141 e. The number of aromatic nitrogens is 1. The van der Waals surface area contributed by atoms with E-state index in [0.717, 1.165) is 12.8 Å². The number of pyridine rings is 1. The van der Waals surface area contributed by atoms with Gasteiger partial charge >= 0.3 is 0 Å². The van der Waals surface area contributed by atoms with Gasteiger partial charge in [-0.15, -0.1) is 0 Å². The molecule has 0 amide bonds. The van der Waals surface area contributed by atoms with Gasteiger partial charge in [-0.1, -0.05) is 20.8 Å². The summed E-state index contributed by atoms with van der Waals surface area (Å²) in [5, 5.41) is 10.8. The van der Waals surface area contributed by atoms with E-state index < -0.39 is 5.60 Å². The van der Waals surface area contributed by atoms with Crippen molar-refractivity contribution < 1.29 is 9.50 Å². The van der Waals surface area contributed by atoms with E-state index in [2.05, 4.69) is 18.8 Å². The average molecular weight is 237 g/mol. The molecule has 0 aromatic carbocycles. The van der Waals surface area contributed by atoms with Gasteiger partial charge in [0.25, 0.3) is 0 Å². The summed E-state index contributed by atoms with van der Waals surface area (Å²) in [6.07, 6.45) is 5.32. The first kappa shape index (κ1) is 12.5. The van der Waals surface area contributed by atoms with E-state index >= 15 is 0 Å². The molecule has 0 bridgehead atoms. The summed E-state index contributed by atoms with van der Waals surface area (Å²) in [5.74, 6) is -0.261. The summed E-state index contributed by atoms with van der Waals surface area (Å²) in [6, 6.07) is 1.40. The van der Waals surface area contributed by atoms with Gasteiger partial charge in [0, 0.05) is 11.8 Å². The van der Waals surface area contributed by atoms with Gasteiger partial charge in [-0.2, -0.15) is 0 Å². The van der Waals surface area contributed by atoms with E-state index in [4.69, 9.17) is 0 Å². The molecule has 17 heavy (non-hydrogen) atoms. The van der Waals surface area contributed by atoms with E-state index in [-0.39, 0.29) is 17.2 Å². The van der Waals surface area contributed by atoms with Gasteiger partial charge in [-0.25, -0.2) is 4.39 Å². The zero-order valence-electron chi connectivity index (χ0n) is 10.7. The minimum absolute atomic E-state index is 0.120. The van der Waals surface area contributed by atoms with E-state index in [9.17, 15) is 9.50 Å². The van der Waals surface area contributed by atoms with Crippen molar-refractivity contribution in [2.75, 3.05) is 0 Å². The molecule has 2 nitrogen and oxygen atoms in total. The Morgan fingerprint density at radius 3 is 2.65 bits per heavy atom. The number of nitrogens with zero attached hydrogens (tertiary/aromatic N) is 1. The highest BCUT2D eigenvalue weighted by atomic mass is 19.1. The Labute approximate surface area is 102 Å². The molecule has 2 atom stereocenters. The lowest BCUT2D eigenvalue weighted by atomic mass is 9.63. The smallest absolute Gasteiger partial charge is 0.141 e. The van der Waals surface area contributed by atoms with Crippen LogP contribution >= 0.6 is 0 Å². The molecular formula is C14H20FNO. The fourth-order valence-corrected chi connectivity index (χ4v) is 2.95. The summed E-state index contributed by atoms with van der Waals surface area (Å²) in [6.45, 7) is 6.46. The van der Waals surface area contributed by atoms with Gasteiger partial charge in [0.05, 0.1) is 11.8 Å². The summed E-state index contributed by atoms with van der Waals surface area (Å²) in [7, 11) is 0. The zero-order chi connectivity index (χ0) is 12.7. The second-order valence-electron chi connectivity index (χ2n) is 6.09. The van der Waals surface area contributed by atoms with Crippen LogP contribution in [0.2, 0.25) is 0 Å².